The second kappa shape index (κ2) is 11.8. The highest BCUT2D eigenvalue weighted by molar-refractivity contribution is 5.99. The van der Waals surface area contributed by atoms with Gasteiger partial charge in [-0.05, 0) is 65.2 Å². The maximum Gasteiger partial charge on any atom is 0.408 e. The Morgan fingerprint density at radius 2 is 1.63 bits per heavy atom. The van der Waals surface area contributed by atoms with Crippen LogP contribution in [0.5, 0.6) is 0 Å². The van der Waals surface area contributed by atoms with E-state index in [-0.39, 0.29) is 13.2 Å². The van der Waals surface area contributed by atoms with E-state index in [0.29, 0.717) is 11.3 Å². The van der Waals surface area contributed by atoms with E-state index >= 15 is 0 Å². The fourth-order valence-electron chi connectivity index (χ4n) is 3.79. The number of hydrogen-bond acceptors (Lipinski definition) is 5. The van der Waals surface area contributed by atoms with Gasteiger partial charge in [-0.15, -0.1) is 0 Å². The summed E-state index contributed by atoms with van der Waals surface area (Å²) in [5, 5.41) is 15.3. The maximum atomic E-state index is 13.7. The van der Waals surface area contributed by atoms with E-state index in [1.54, 1.807) is 26.8 Å². The number of benzene rings is 2. The predicted molar refractivity (Wildman–Crippen MR) is 136 cm³/mol. The Hall–Kier alpha value is -3.39. The van der Waals surface area contributed by atoms with Crippen molar-refractivity contribution in [3.05, 3.63) is 64.7 Å². The third kappa shape index (κ3) is 7.82. The van der Waals surface area contributed by atoms with Crippen LogP contribution in [0, 0.1) is 20.8 Å². The van der Waals surface area contributed by atoms with E-state index in [9.17, 15) is 19.5 Å². The number of nitrogens with zero attached hydrogens (tertiary/aromatic N) is 1. The second-order valence-corrected chi connectivity index (χ2v) is 9.70. The normalized spacial score (nSPS) is 12.9. The highest BCUT2D eigenvalue weighted by atomic mass is 16.6. The number of hydrogen-bond donors (Lipinski definition) is 3. The van der Waals surface area contributed by atoms with Crippen LogP contribution in [-0.2, 0) is 14.3 Å². The lowest BCUT2D eigenvalue weighted by Crippen LogP contribution is -2.52. The number of anilines is 1. The van der Waals surface area contributed by atoms with Crippen LogP contribution in [0.3, 0.4) is 0 Å². The molecule has 8 nitrogen and oxygen atoms in total. The first-order valence-corrected chi connectivity index (χ1v) is 11.7. The third-order valence-electron chi connectivity index (χ3n) is 5.37. The minimum absolute atomic E-state index is 0.0993. The Labute approximate surface area is 207 Å². The van der Waals surface area contributed by atoms with Gasteiger partial charge in [-0.2, -0.15) is 0 Å². The number of carbonyl (C=O) groups is 3. The molecule has 0 aliphatic rings. The first-order chi connectivity index (χ1) is 16.3. The van der Waals surface area contributed by atoms with Crippen molar-refractivity contribution in [1.82, 2.24) is 10.2 Å². The number of alkyl carbamates (subject to hydrolysis) is 1. The van der Waals surface area contributed by atoms with E-state index in [0.717, 1.165) is 16.7 Å². The Bertz CT molecular complexity index is 1040. The number of carbonyl (C=O) groups excluding carboxylic acids is 3. The molecule has 0 saturated carbocycles. The monoisotopic (exact) mass is 483 g/mol. The van der Waals surface area contributed by atoms with Crippen molar-refractivity contribution < 1.29 is 24.2 Å². The second-order valence-electron chi connectivity index (χ2n) is 9.70. The highest BCUT2D eigenvalue weighted by Crippen LogP contribution is 2.27. The van der Waals surface area contributed by atoms with Gasteiger partial charge in [0.05, 0.1) is 6.61 Å². The van der Waals surface area contributed by atoms with Crippen molar-refractivity contribution in [3.8, 4) is 0 Å². The zero-order valence-corrected chi connectivity index (χ0v) is 21.6. The molecule has 0 aliphatic heterocycles. The number of aryl methyl sites for hydroxylation is 3. The summed E-state index contributed by atoms with van der Waals surface area (Å²) < 4.78 is 5.26. The summed E-state index contributed by atoms with van der Waals surface area (Å²) in [6.45, 7) is 11.9. The molecule has 0 spiro atoms. The van der Waals surface area contributed by atoms with E-state index < -0.39 is 35.6 Å². The molecule has 0 radical (unpaired) electrons. The quantitative estimate of drug-likeness (QED) is 0.526. The lowest BCUT2D eigenvalue weighted by molar-refractivity contribution is -0.141. The average Bonchev–Trinajstić information content (AvgIpc) is 2.74. The minimum atomic E-state index is -1.03. The van der Waals surface area contributed by atoms with Crippen LogP contribution in [0.15, 0.2) is 42.5 Å². The zero-order chi connectivity index (χ0) is 26.3. The molecule has 2 atom stereocenters. The van der Waals surface area contributed by atoms with Gasteiger partial charge < -0.3 is 25.4 Å². The average molecular weight is 484 g/mol. The van der Waals surface area contributed by atoms with Crippen molar-refractivity contribution >= 4 is 23.6 Å². The molecule has 0 saturated heterocycles. The molecule has 0 fully saturated rings. The molecular weight excluding hydrogens is 446 g/mol. The zero-order valence-electron chi connectivity index (χ0n) is 21.6. The Balaban J connectivity index is 2.43. The van der Waals surface area contributed by atoms with Gasteiger partial charge in [0.2, 0.25) is 5.91 Å². The largest absolute Gasteiger partial charge is 0.444 e. The van der Waals surface area contributed by atoms with Gasteiger partial charge in [0.1, 0.15) is 17.7 Å². The van der Waals surface area contributed by atoms with Crippen molar-refractivity contribution in [2.75, 3.05) is 18.5 Å². The molecule has 0 aliphatic carbocycles. The molecule has 35 heavy (non-hydrogen) atoms. The summed E-state index contributed by atoms with van der Waals surface area (Å²) in [6.07, 6.45) is -0.741. The molecule has 3 amide bonds. The SMILES string of the molecule is Cc1cccc(C(C(=O)Nc2c(C)cccc2C)N(CCO)C(=O)C(C)NC(=O)OC(C)(C)C)c1. The molecule has 0 aromatic heterocycles. The van der Waals surface area contributed by atoms with Crippen LogP contribution in [0.2, 0.25) is 0 Å². The standard InChI is InChI=1S/C27H37N3O5/c1-17-10-8-13-21(16-17)23(24(32)29-22-18(2)11-9-12-19(22)3)30(14-15-31)25(33)20(4)28-26(34)35-27(5,6)7/h8-13,16,20,23,31H,14-15H2,1-7H3,(H,28,34)(H,29,32). The van der Waals surface area contributed by atoms with Crippen LogP contribution in [0.4, 0.5) is 10.5 Å². The molecule has 0 bridgehead atoms. The third-order valence-corrected chi connectivity index (χ3v) is 5.37. The molecule has 0 heterocycles. The highest BCUT2D eigenvalue weighted by Gasteiger charge is 2.35. The first-order valence-electron chi connectivity index (χ1n) is 11.7. The molecule has 2 unspecified atom stereocenters. The van der Waals surface area contributed by atoms with Gasteiger partial charge in [0, 0.05) is 12.2 Å². The van der Waals surface area contributed by atoms with Gasteiger partial charge in [0.15, 0.2) is 0 Å². The fraction of sp³-hybridized carbons (Fsp3) is 0.444. The fourth-order valence-corrected chi connectivity index (χ4v) is 3.79. The van der Waals surface area contributed by atoms with Gasteiger partial charge >= 0.3 is 6.09 Å². The van der Waals surface area contributed by atoms with Crippen molar-refractivity contribution in [1.29, 1.82) is 0 Å². The topological polar surface area (TPSA) is 108 Å². The lowest BCUT2D eigenvalue weighted by atomic mass is 10.00. The van der Waals surface area contributed by atoms with Crippen molar-refractivity contribution in [2.45, 2.75) is 66.2 Å². The molecule has 2 aromatic rings. The number of aliphatic hydroxyl groups is 1. The summed E-state index contributed by atoms with van der Waals surface area (Å²) in [7, 11) is 0. The van der Waals surface area contributed by atoms with Crippen LogP contribution in [0.1, 0.15) is 56.0 Å². The minimum Gasteiger partial charge on any atom is -0.444 e. The number of amides is 3. The predicted octanol–water partition coefficient (Wildman–Crippen LogP) is 4.03. The molecule has 8 heteroatoms. The van der Waals surface area contributed by atoms with E-state index in [1.807, 2.05) is 57.2 Å². The summed E-state index contributed by atoms with van der Waals surface area (Å²) in [5.41, 5.74) is 3.24. The molecule has 2 rings (SSSR count). The van der Waals surface area contributed by atoms with Crippen molar-refractivity contribution in [2.24, 2.45) is 0 Å². The van der Waals surface area contributed by atoms with Crippen LogP contribution < -0.4 is 10.6 Å². The Kier molecular flexibility index (Phi) is 9.42. The molecule has 190 valence electrons. The van der Waals surface area contributed by atoms with Gasteiger partial charge in [-0.3, -0.25) is 9.59 Å². The smallest absolute Gasteiger partial charge is 0.408 e. The summed E-state index contributed by atoms with van der Waals surface area (Å²) in [5.74, 6) is -0.938. The van der Waals surface area contributed by atoms with Gasteiger partial charge in [-0.25, -0.2) is 4.79 Å². The van der Waals surface area contributed by atoms with Crippen LogP contribution >= 0.6 is 0 Å². The number of para-hydroxylation sites is 1. The Morgan fingerprint density at radius 1 is 1.03 bits per heavy atom. The van der Waals surface area contributed by atoms with Gasteiger partial charge in [-0.1, -0.05) is 48.0 Å². The lowest BCUT2D eigenvalue weighted by Gasteiger charge is -2.33. The number of rotatable bonds is 8. The molecular formula is C27H37N3O5. The van der Waals surface area contributed by atoms with E-state index in [4.69, 9.17) is 4.74 Å². The first kappa shape index (κ1) is 27.9. The van der Waals surface area contributed by atoms with Gasteiger partial charge in [0.25, 0.3) is 5.91 Å². The number of aliphatic hydroxyl groups excluding tert-OH is 1. The maximum absolute atomic E-state index is 13.7. The molecule has 2 aromatic carbocycles. The van der Waals surface area contributed by atoms with E-state index in [2.05, 4.69) is 10.6 Å². The summed E-state index contributed by atoms with van der Waals surface area (Å²) in [6, 6.07) is 11.0. The summed E-state index contributed by atoms with van der Waals surface area (Å²) >= 11 is 0. The Morgan fingerprint density at radius 3 is 2.17 bits per heavy atom. The van der Waals surface area contributed by atoms with Crippen LogP contribution in [-0.4, -0.2) is 52.7 Å². The number of nitrogens with one attached hydrogen (secondary N) is 2. The summed E-state index contributed by atoms with van der Waals surface area (Å²) in [4.78, 5) is 40.7. The molecule has 3 N–H and O–H groups in total. The van der Waals surface area contributed by atoms with E-state index in [1.165, 1.54) is 11.8 Å². The van der Waals surface area contributed by atoms with Crippen LogP contribution in [0.25, 0.3) is 0 Å². The number of ether oxygens (including phenoxy) is 1. The van der Waals surface area contributed by atoms with Crippen molar-refractivity contribution in [3.63, 3.8) is 0 Å².